The van der Waals surface area contributed by atoms with Gasteiger partial charge in [-0.05, 0) is 90.9 Å². The van der Waals surface area contributed by atoms with Crippen molar-refractivity contribution in [3.05, 3.63) is 208 Å². The van der Waals surface area contributed by atoms with Crippen LogP contribution >= 0.6 is 0 Å². The average Bonchev–Trinajstić information content (AvgIpc) is 3.69. The van der Waals surface area contributed by atoms with E-state index in [4.69, 9.17) is 5.73 Å². The molecule has 252 valence electrons. The van der Waals surface area contributed by atoms with Gasteiger partial charge in [-0.1, -0.05) is 164 Å². The van der Waals surface area contributed by atoms with Crippen LogP contribution in [0, 0.1) is 0 Å². The summed E-state index contributed by atoms with van der Waals surface area (Å²) in [6.07, 6.45) is 8.50. The summed E-state index contributed by atoms with van der Waals surface area (Å²) in [7, 11) is 0. The van der Waals surface area contributed by atoms with Crippen molar-refractivity contribution >= 4 is 29.2 Å². The molecule has 2 aliphatic heterocycles. The Kier molecular flexibility index (Phi) is 6.36. The number of para-hydroxylation sites is 1. The third-order valence-electron chi connectivity index (χ3n) is 12.1. The average molecular weight is 680 g/mol. The highest BCUT2D eigenvalue weighted by Crippen LogP contribution is 2.65. The minimum atomic E-state index is -0.374. The van der Waals surface area contributed by atoms with E-state index in [9.17, 15) is 0 Å². The van der Waals surface area contributed by atoms with E-state index in [0.717, 1.165) is 28.2 Å². The molecule has 2 aliphatic carbocycles. The molecule has 4 aliphatic rings. The van der Waals surface area contributed by atoms with Gasteiger partial charge in [0.25, 0.3) is 0 Å². The molecule has 2 atom stereocenters. The van der Waals surface area contributed by atoms with Gasteiger partial charge in [0.1, 0.15) is 0 Å². The monoisotopic (exact) mass is 679 g/mol. The fourth-order valence-corrected chi connectivity index (χ4v) is 9.82. The number of anilines is 3. The summed E-state index contributed by atoms with van der Waals surface area (Å²) in [6.45, 7) is 2.02. The first-order valence-electron chi connectivity index (χ1n) is 18.6. The molecule has 7 aromatic rings. The maximum Gasteiger partial charge on any atom is 0.0773 e. The number of rotatable bonds is 3. The first-order chi connectivity index (χ1) is 26.2. The Morgan fingerprint density at radius 2 is 1.19 bits per heavy atom. The number of nitrogen functional groups attached to an aromatic ring is 1. The molecule has 0 fully saturated rings. The molecule has 1 spiro atoms. The van der Waals surface area contributed by atoms with Crippen molar-refractivity contribution in [2.45, 2.75) is 24.4 Å². The van der Waals surface area contributed by atoms with Gasteiger partial charge in [0, 0.05) is 11.3 Å². The molecule has 2 unspecified atom stereocenters. The molecule has 0 saturated carbocycles. The van der Waals surface area contributed by atoms with Gasteiger partial charge in [-0.3, -0.25) is 0 Å². The number of fused-ring (bicyclic) bond motifs is 15. The van der Waals surface area contributed by atoms with Crippen molar-refractivity contribution in [3.63, 3.8) is 0 Å². The molecule has 7 aromatic carbocycles. The van der Waals surface area contributed by atoms with Gasteiger partial charge in [0.15, 0.2) is 0 Å². The fourth-order valence-electron chi connectivity index (χ4n) is 9.82. The zero-order valence-corrected chi connectivity index (χ0v) is 29.4. The van der Waals surface area contributed by atoms with Crippen LogP contribution in [0.5, 0.6) is 0 Å². The normalized spacial score (nSPS) is 17.5. The Hall–Kier alpha value is -6.58. The zero-order chi connectivity index (χ0) is 35.3. The highest BCUT2D eigenvalue weighted by Gasteiger charge is 2.52. The lowest BCUT2D eigenvalue weighted by Gasteiger charge is -2.34. The van der Waals surface area contributed by atoms with Crippen molar-refractivity contribution < 1.29 is 0 Å². The van der Waals surface area contributed by atoms with Crippen molar-refractivity contribution in [3.8, 4) is 33.4 Å². The molecule has 0 aromatic heterocycles. The molecule has 2 heterocycles. The van der Waals surface area contributed by atoms with E-state index >= 15 is 0 Å². The van der Waals surface area contributed by atoms with Crippen molar-refractivity contribution in [1.29, 1.82) is 0 Å². The smallest absolute Gasteiger partial charge is 0.0773 e. The lowest BCUT2D eigenvalue weighted by molar-refractivity contribution is 0.792. The van der Waals surface area contributed by atoms with Gasteiger partial charge in [0.05, 0.1) is 28.9 Å². The van der Waals surface area contributed by atoms with Crippen molar-refractivity contribution in [2.24, 2.45) is 0 Å². The molecule has 3 heteroatoms. The Labute approximate surface area is 310 Å². The number of nitrogens with two attached hydrogens (primary N) is 1. The highest BCUT2D eigenvalue weighted by molar-refractivity contribution is 6.03. The van der Waals surface area contributed by atoms with E-state index in [-0.39, 0.29) is 17.5 Å². The number of allylic oxidation sites excluding steroid dienone is 1. The van der Waals surface area contributed by atoms with Crippen LogP contribution in [-0.2, 0) is 5.41 Å². The third kappa shape index (κ3) is 4.05. The molecule has 0 amide bonds. The molecule has 0 radical (unpaired) electrons. The number of hydrogen-bond donors (Lipinski definition) is 3. The van der Waals surface area contributed by atoms with Crippen LogP contribution in [0.2, 0.25) is 0 Å². The maximum absolute atomic E-state index is 6.63. The van der Waals surface area contributed by atoms with E-state index in [2.05, 4.69) is 174 Å². The van der Waals surface area contributed by atoms with Crippen LogP contribution in [0.25, 0.3) is 45.5 Å². The lowest BCUT2D eigenvalue weighted by Crippen LogP contribution is -2.26. The first-order valence-corrected chi connectivity index (χ1v) is 18.6. The SMILES string of the molecule is C/C=C\c1ccc2c(c1N)NC(c1ccc(C3Nc4ccccc4-c4c3ccc3c4-c4ccccc4C34c3ccccc3-c3ccccc34)cc1)C=C2. The molecule has 3 nitrogen and oxygen atoms in total. The second-order valence-electron chi connectivity index (χ2n) is 14.6. The summed E-state index contributed by atoms with van der Waals surface area (Å²) in [5.41, 5.74) is 28.5. The maximum atomic E-state index is 6.63. The molecule has 0 saturated heterocycles. The first kappa shape index (κ1) is 30.1. The molecule has 0 bridgehead atoms. The number of hydrogen-bond acceptors (Lipinski definition) is 3. The molecular weight excluding hydrogens is 643 g/mol. The van der Waals surface area contributed by atoms with E-state index < -0.39 is 0 Å². The van der Waals surface area contributed by atoms with Crippen LogP contribution in [-0.4, -0.2) is 0 Å². The summed E-state index contributed by atoms with van der Waals surface area (Å²) in [6, 6.07) is 54.2. The van der Waals surface area contributed by atoms with Crippen LogP contribution in [0.3, 0.4) is 0 Å². The van der Waals surface area contributed by atoms with E-state index in [0.29, 0.717) is 0 Å². The van der Waals surface area contributed by atoms with Crippen LogP contribution in [0.4, 0.5) is 17.1 Å². The van der Waals surface area contributed by atoms with Crippen molar-refractivity contribution in [1.82, 2.24) is 0 Å². The van der Waals surface area contributed by atoms with Gasteiger partial charge in [-0.25, -0.2) is 0 Å². The van der Waals surface area contributed by atoms with Crippen LogP contribution < -0.4 is 16.4 Å². The predicted octanol–water partition coefficient (Wildman–Crippen LogP) is 12.0. The van der Waals surface area contributed by atoms with Gasteiger partial charge in [-0.2, -0.15) is 0 Å². The number of benzene rings is 7. The topological polar surface area (TPSA) is 50.1 Å². The zero-order valence-electron chi connectivity index (χ0n) is 29.4. The molecule has 11 rings (SSSR count). The van der Waals surface area contributed by atoms with E-state index in [1.165, 1.54) is 72.3 Å². The Morgan fingerprint density at radius 1 is 0.566 bits per heavy atom. The predicted molar refractivity (Wildman–Crippen MR) is 221 cm³/mol. The Balaban J connectivity index is 1.06. The standard InChI is InChI=1S/C50H37N3/c1-2-11-31-22-25-33-26-29-43(52-49(33)47(31)51)30-20-23-32(24-21-30)48-38-27-28-42-46(45(38)37-15-6-10-19-44(37)53-48)36-14-5-9-18-41(36)50(42)39-16-7-3-12-34(39)35-13-4-8-17-40(35)50/h2-29,43,48,52-53H,51H2,1H3/b11-2-. The second-order valence-corrected chi connectivity index (χ2v) is 14.6. The molecule has 4 N–H and O–H groups in total. The van der Waals surface area contributed by atoms with Crippen LogP contribution in [0.1, 0.15) is 69.1 Å². The second kappa shape index (κ2) is 11.2. The summed E-state index contributed by atoms with van der Waals surface area (Å²) in [5.74, 6) is 0. The van der Waals surface area contributed by atoms with Gasteiger partial charge in [-0.15, -0.1) is 0 Å². The van der Waals surface area contributed by atoms with Gasteiger partial charge < -0.3 is 16.4 Å². The minimum absolute atomic E-state index is 0.0132. The Morgan fingerprint density at radius 3 is 1.91 bits per heavy atom. The molecular formula is C50H37N3. The van der Waals surface area contributed by atoms with Crippen LogP contribution in [0.15, 0.2) is 158 Å². The fraction of sp³-hybridized carbons (Fsp3) is 0.0800. The summed E-state index contributed by atoms with van der Waals surface area (Å²) < 4.78 is 0. The molecule has 53 heavy (non-hydrogen) atoms. The summed E-state index contributed by atoms with van der Waals surface area (Å²) in [4.78, 5) is 0. The van der Waals surface area contributed by atoms with Gasteiger partial charge in [0.2, 0.25) is 0 Å². The highest BCUT2D eigenvalue weighted by atomic mass is 15.0. The largest absolute Gasteiger partial charge is 0.397 e. The van der Waals surface area contributed by atoms with Crippen molar-refractivity contribution in [2.75, 3.05) is 16.4 Å². The minimum Gasteiger partial charge on any atom is -0.397 e. The summed E-state index contributed by atoms with van der Waals surface area (Å²) >= 11 is 0. The third-order valence-corrected chi connectivity index (χ3v) is 12.1. The lowest BCUT2D eigenvalue weighted by atomic mass is 9.70. The van der Waals surface area contributed by atoms with E-state index in [1.54, 1.807) is 0 Å². The van der Waals surface area contributed by atoms with E-state index in [1.807, 2.05) is 13.0 Å². The summed E-state index contributed by atoms with van der Waals surface area (Å²) in [5, 5.41) is 7.68. The quantitative estimate of drug-likeness (QED) is 0.163. The van der Waals surface area contributed by atoms with Gasteiger partial charge >= 0.3 is 0 Å². The Bertz CT molecular complexity index is 2670. The number of nitrogens with one attached hydrogen (secondary N) is 2.